The first-order valence-corrected chi connectivity index (χ1v) is 11.5. The van der Waals surface area contributed by atoms with Gasteiger partial charge in [-0.25, -0.2) is 8.42 Å². The summed E-state index contributed by atoms with van der Waals surface area (Å²) in [7, 11) is -3.38. The summed E-state index contributed by atoms with van der Waals surface area (Å²) in [5.74, 6) is 1.43. The SMILES string of the molecule is Cc1cc(C)c(S(=O)(=O)N2CCC(CN3CCC[C@H](C)C3)CC2)cc1C. The average Bonchev–Trinajstić information content (AvgIpc) is 2.58. The lowest BCUT2D eigenvalue weighted by molar-refractivity contribution is 0.136. The molecule has 5 heteroatoms. The predicted molar refractivity (Wildman–Crippen MR) is 107 cm³/mol. The van der Waals surface area contributed by atoms with Crippen molar-refractivity contribution in [3.05, 3.63) is 28.8 Å². The van der Waals surface area contributed by atoms with Gasteiger partial charge in [0.2, 0.25) is 10.0 Å². The first-order chi connectivity index (χ1) is 12.3. The second-order valence-corrected chi connectivity index (χ2v) is 10.5. The van der Waals surface area contributed by atoms with Gasteiger partial charge in [0.1, 0.15) is 0 Å². The molecule has 0 unspecified atom stereocenters. The molecule has 2 fully saturated rings. The molecular formula is C21H34N2O2S. The lowest BCUT2D eigenvalue weighted by atomic mass is 9.94. The zero-order valence-electron chi connectivity index (χ0n) is 16.8. The van der Waals surface area contributed by atoms with Crippen molar-refractivity contribution in [2.45, 2.75) is 58.3 Å². The summed E-state index contributed by atoms with van der Waals surface area (Å²) in [6.07, 6.45) is 4.62. The van der Waals surface area contributed by atoms with Crippen LogP contribution in [0.15, 0.2) is 17.0 Å². The quantitative estimate of drug-likeness (QED) is 0.801. The van der Waals surface area contributed by atoms with Crippen molar-refractivity contribution >= 4 is 10.0 Å². The Labute approximate surface area is 159 Å². The van der Waals surface area contributed by atoms with E-state index < -0.39 is 10.0 Å². The molecule has 0 saturated carbocycles. The molecule has 146 valence electrons. The Hall–Kier alpha value is -0.910. The smallest absolute Gasteiger partial charge is 0.243 e. The summed E-state index contributed by atoms with van der Waals surface area (Å²) in [5, 5.41) is 0. The minimum absolute atomic E-state index is 0.490. The van der Waals surface area contributed by atoms with Crippen LogP contribution in [0.5, 0.6) is 0 Å². The number of piperidine rings is 2. The minimum atomic E-state index is -3.38. The van der Waals surface area contributed by atoms with Gasteiger partial charge >= 0.3 is 0 Å². The number of rotatable bonds is 4. The molecule has 2 heterocycles. The predicted octanol–water partition coefficient (Wildman–Crippen LogP) is 3.74. The van der Waals surface area contributed by atoms with Crippen LogP contribution in [-0.4, -0.2) is 50.3 Å². The Kier molecular flexibility index (Phi) is 6.10. The van der Waals surface area contributed by atoms with Gasteiger partial charge in [-0.1, -0.05) is 13.0 Å². The number of hydrogen-bond acceptors (Lipinski definition) is 3. The van der Waals surface area contributed by atoms with E-state index in [1.165, 1.54) is 25.9 Å². The molecule has 0 amide bonds. The van der Waals surface area contributed by atoms with Crippen molar-refractivity contribution in [3.8, 4) is 0 Å². The highest BCUT2D eigenvalue weighted by Gasteiger charge is 2.31. The fourth-order valence-corrected chi connectivity index (χ4v) is 6.26. The monoisotopic (exact) mass is 378 g/mol. The van der Waals surface area contributed by atoms with Gasteiger partial charge in [0.25, 0.3) is 0 Å². The lowest BCUT2D eigenvalue weighted by Crippen LogP contribution is -2.43. The van der Waals surface area contributed by atoms with Gasteiger partial charge in [-0.05, 0) is 87.6 Å². The number of hydrogen-bond donors (Lipinski definition) is 0. The second kappa shape index (κ2) is 7.99. The summed E-state index contributed by atoms with van der Waals surface area (Å²) in [4.78, 5) is 3.08. The van der Waals surface area contributed by atoms with Gasteiger partial charge in [-0.15, -0.1) is 0 Å². The number of likely N-dealkylation sites (tertiary alicyclic amines) is 1. The molecule has 0 aromatic heterocycles. The highest BCUT2D eigenvalue weighted by molar-refractivity contribution is 7.89. The van der Waals surface area contributed by atoms with Crippen LogP contribution >= 0.6 is 0 Å². The van der Waals surface area contributed by atoms with Crippen molar-refractivity contribution in [1.29, 1.82) is 0 Å². The zero-order chi connectivity index (χ0) is 18.9. The molecule has 0 spiro atoms. The molecule has 1 atom stereocenters. The summed E-state index contributed by atoms with van der Waals surface area (Å²) < 4.78 is 28.0. The largest absolute Gasteiger partial charge is 0.303 e. The number of benzene rings is 1. The van der Waals surface area contributed by atoms with E-state index in [9.17, 15) is 8.42 Å². The van der Waals surface area contributed by atoms with Crippen molar-refractivity contribution in [2.24, 2.45) is 11.8 Å². The van der Waals surface area contributed by atoms with Gasteiger partial charge in [0.15, 0.2) is 0 Å². The van der Waals surface area contributed by atoms with Crippen LogP contribution in [0.25, 0.3) is 0 Å². The molecule has 0 radical (unpaired) electrons. The van der Waals surface area contributed by atoms with E-state index >= 15 is 0 Å². The van der Waals surface area contributed by atoms with Gasteiger partial charge in [0, 0.05) is 26.2 Å². The minimum Gasteiger partial charge on any atom is -0.303 e. The van der Waals surface area contributed by atoms with Crippen LogP contribution < -0.4 is 0 Å². The molecule has 0 aliphatic carbocycles. The molecule has 2 aliphatic heterocycles. The molecule has 2 saturated heterocycles. The van der Waals surface area contributed by atoms with E-state index in [4.69, 9.17) is 0 Å². The molecule has 26 heavy (non-hydrogen) atoms. The fraction of sp³-hybridized carbons (Fsp3) is 0.714. The topological polar surface area (TPSA) is 40.6 Å². The molecule has 4 nitrogen and oxygen atoms in total. The van der Waals surface area contributed by atoms with Crippen LogP contribution in [0.3, 0.4) is 0 Å². The van der Waals surface area contributed by atoms with Crippen molar-refractivity contribution in [2.75, 3.05) is 32.7 Å². The highest BCUT2D eigenvalue weighted by atomic mass is 32.2. The fourth-order valence-electron chi connectivity index (χ4n) is 4.50. The normalized spacial score (nSPS) is 24.1. The molecule has 0 bridgehead atoms. The molecule has 3 rings (SSSR count). The second-order valence-electron chi connectivity index (χ2n) is 8.56. The van der Waals surface area contributed by atoms with Crippen LogP contribution in [0.2, 0.25) is 0 Å². The summed E-state index contributed by atoms with van der Waals surface area (Å²) >= 11 is 0. The third-order valence-corrected chi connectivity index (χ3v) is 8.28. The standard InChI is InChI=1S/C21H34N2O2S/c1-16-6-5-9-22(14-16)15-20-7-10-23(11-8-20)26(24,25)21-13-18(3)17(2)12-19(21)4/h12-13,16,20H,5-11,14-15H2,1-4H3/t16-/m0/s1. The first-order valence-electron chi connectivity index (χ1n) is 10.1. The average molecular weight is 379 g/mol. The highest BCUT2D eigenvalue weighted by Crippen LogP contribution is 2.28. The Morgan fingerprint density at radius 3 is 2.27 bits per heavy atom. The van der Waals surface area contributed by atoms with Crippen LogP contribution in [0.4, 0.5) is 0 Å². The maximum Gasteiger partial charge on any atom is 0.243 e. The van der Waals surface area contributed by atoms with Crippen molar-refractivity contribution in [1.82, 2.24) is 9.21 Å². The number of nitrogens with zero attached hydrogens (tertiary/aromatic N) is 2. The van der Waals surface area contributed by atoms with E-state index in [1.54, 1.807) is 4.31 Å². The van der Waals surface area contributed by atoms with Crippen LogP contribution in [0.1, 0.15) is 49.3 Å². The zero-order valence-corrected chi connectivity index (χ0v) is 17.6. The Morgan fingerprint density at radius 2 is 1.62 bits per heavy atom. The van der Waals surface area contributed by atoms with E-state index in [-0.39, 0.29) is 0 Å². The first kappa shape index (κ1) is 19.8. The van der Waals surface area contributed by atoms with Crippen molar-refractivity contribution < 1.29 is 8.42 Å². The van der Waals surface area contributed by atoms with Crippen LogP contribution in [-0.2, 0) is 10.0 Å². The molecular weight excluding hydrogens is 344 g/mol. The van der Waals surface area contributed by atoms with E-state index in [0.29, 0.717) is 23.9 Å². The summed E-state index contributed by atoms with van der Waals surface area (Å²) in [6, 6.07) is 3.84. The van der Waals surface area contributed by atoms with E-state index in [0.717, 1.165) is 42.0 Å². The summed E-state index contributed by atoms with van der Waals surface area (Å²) in [5.41, 5.74) is 3.05. The van der Waals surface area contributed by atoms with Gasteiger partial charge in [-0.3, -0.25) is 0 Å². The van der Waals surface area contributed by atoms with Gasteiger partial charge < -0.3 is 4.90 Å². The number of sulfonamides is 1. The Balaban J connectivity index is 1.63. The van der Waals surface area contributed by atoms with Crippen LogP contribution in [0, 0.1) is 32.6 Å². The van der Waals surface area contributed by atoms with Gasteiger partial charge in [-0.2, -0.15) is 4.31 Å². The maximum atomic E-state index is 13.1. The van der Waals surface area contributed by atoms with Crippen molar-refractivity contribution in [3.63, 3.8) is 0 Å². The molecule has 2 aliphatic rings. The third-order valence-electron chi connectivity index (χ3n) is 6.24. The van der Waals surface area contributed by atoms with E-state index in [1.807, 2.05) is 32.9 Å². The number of aryl methyl sites for hydroxylation is 3. The van der Waals surface area contributed by atoms with E-state index in [2.05, 4.69) is 11.8 Å². The Morgan fingerprint density at radius 1 is 0.962 bits per heavy atom. The lowest BCUT2D eigenvalue weighted by Gasteiger charge is -2.37. The Bertz CT molecular complexity index is 737. The summed E-state index contributed by atoms with van der Waals surface area (Å²) in [6.45, 7) is 13.1. The molecule has 0 N–H and O–H groups in total. The molecule has 1 aromatic carbocycles. The molecule has 1 aromatic rings. The maximum absolute atomic E-state index is 13.1. The third kappa shape index (κ3) is 4.32. The van der Waals surface area contributed by atoms with Gasteiger partial charge in [0.05, 0.1) is 4.90 Å².